The second kappa shape index (κ2) is 6.33. The number of hydrogen-bond acceptors (Lipinski definition) is 2. The third-order valence-electron chi connectivity index (χ3n) is 4.43. The van der Waals surface area contributed by atoms with E-state index in [1.165, 1.54) is 53.9 Å². The molecule has 0 atom stereocenters. The van der Waals surface area contributed by atoms with Gasteiger partial charge in [0.1, 0.15) is 0 Å². The van der Waals surface area contributed by atoms with Crippen molar-refractivity contribution in [1.29, 1.82) is 0 Å². The highest BCUT2D eigenvalue weighted by Gasteiger charge is 2.13. The van der Waals surface area contributed by atoms with Gasteiger partial charge in [-0.15, -0.1) is 0 Å². The van der Waals surface area contributed by atoms with E-state index in [9.17, 15) is 0 Å². The Hall–Kier alpha value is -1.77. The third-order valence-corrected chi connectivity index (χ3v) is 4.43. The van der Waals surface area contributed by atoms with E-state index in [2.05, 4.69) is 53.2 Å². The molecule has 1 aromatic heterocycles. The van der Waals surface area contributed by atoms with Crippen molar-refractivity contribution in [2.24, 2.45) is 0 Å². The van der Waals surface area contributed by atoms with Crippen molar-refractivity contribution < 1.29 is 0 Å². The number of fused-ring (bicyclic) bond motifs is 1. The predicted molar refractivity (Wildman–Crippen MR) is 87.7 cm³/mol. The molecular formula is C18H25N3. The van der Waals surface area contributed by atoms with Gasteiger partial charge in [0.25, 0.3) is 0 Å². The van der Waals surface area contributed by atoms with Gasteiger partial charge >= 0.3 is 0 Å². The van der Waals surface area contributed by atoms with E-state index in [0.29, 0.717) is 0 Å². The van der Waals surface area contributed by atoms with Crippen molar-refractivity contribution in [3.8, 4) is 0 Å². The quantitative estimate of drug-likeness (QED) is 0.900. The summed E-state index contributed by atoms with van der Waals surface area (Å²) in [5, 5.41) is 8.26. The molecule has 0 unspecified atom stereocenters. The zero-order valence-corrected chi connectivity index (χ0v) is 13.2. The molecule has 1 aliphatic carbocycles. The zero-order valence-electron chi connectivity index (χ0n) is 13.2. The molecule has 0 aliphatic heterocycles. The number of nitrogens with zero attached hydrogens (tertiary/aromatic N) is 2. The van der Waals surface area contributed by atoms with Crippen LogP contribution in [0.4, 0.5) is 5.69 Å². The standard InChI is InChI=1S/C18H25N3/c1-3-15-12-16(21(4-2)20-15)13-19-18-11-7-9-14-8-5-6-10-17(14)18/h7,9,11-12,19H,3-6,8,10,13H2,1-2H3. The number of anilines is 1. The molecule has 3 heteroatoms. The van der Waals surface area contributed by atoms with Crippen LogP contribution < -0.4 is 5.32 Å². The summed E-state index contributed by atoms with van der Waals surface area (Å²) in [6.45, 7) is 6.11. The molecule has 0 bridgehead atoms. The van der Waals surface area contributed by atoms with Crippen LogP contribution >= 0.6 is 0 Å². The van der Waals surface area contributed by atoms with E-state index in [1.54, 1.807) is 0 Å². The highest BCUT2D eigenvalue weighted by molar-refractivity contribution is 5.55. The lowest BCUT2D eigenvalue weighted by Crippen LogP contribution is -2.11. The average molecular weight is 283 g/mol. The Bertz CT molecular complexity index is 613. The largest absolute Gasteiger partial charge is 0.379 e. The molecule has 0 saturated carbocycles. The molecule has 1 aromatic carbocycles. The maximum atomic E-state index is 4.62. The fourth-order valence-electron chi connectivity index (χ4n) is 3.24. The van der Waals surface area contributed by atoms with Crippen LogP contribution in [0.25, 0.3) is 0 Å². The highest BCUT2D eigenvalue weighted by Crippen LogP contribution is 2.28. The van der Waals surface area contributed by atoms with Gasteiger partial charge in [-0.2, -0.15) is 5.10 Å². The summed E-state index contributed by atoms with van der Waals surface area (Å²) >= 11 is 0. The monoisotopic (exact) mass is 283 g/mol. The van der Waals surface area contributed by atoms with E-state index in [-0.39, 0.29) is 0 Å². The molecule has 1 heterocycles. The first kappa shape index (κ1) is 14.2. The summed E-state index contributed by atoms with van der Waals surface area (Å²) in [4.78, 5) is 0. The average Bonchev–Trinajstić information content (AvgIpc) is 2.95. The fraction of sp³-hybridized carbons (Fsp3) is 0.500. The molecule has 2 aromatic rings. The number of rotatable bonds is 5. The van der Waals surface area contributed by atoms with Crippen LogP contribution in [-0.4, -0.2) is 9.78 Å². The molecule has 1 N–H and O–H groups in total. The van der Waals surface area contributed by atoms with Crippen LogP contribution in [-0.2, 0) is 32.4 Å². The first-order valence-corrected chi connectivity index (χ1v) is 8.22. The number of hydrogen-bond donors (Lipinski definition) is 1. The molecule has 0 spiro atoms. The van der Waals surface area contributed by atoms with Crippen LogP contribution in [0.1, 0.15) is 49.2 Å². The highest BCUT2D eigenvalue weighted by atomic mass is 15.3. The van der Waals surface area contributed by atoms with Crippen LogP contribution in [0.2, 0.25) is 0 Å². The molecule has 0 saturated heterocycles. The summed E-state index contributed by atoms with van der Waals surface area (Å²) in [6.07, 6.45) is 6.10. The molecule has 3 nitrogen and oxygen atoms in total. The van der Waals surface area contributed by atoms with E-state index in [1.807, 2.05) is 0 Å². The second-order valence-electron chi connectivity index (χ2n) is 5.80. The van der Waals surface area contributed by atoms with Crippen molar-refractivity contribution in [3.05, 3.63) is 46.8 Å². The van der Waals surface area contributed by atoms with Crippen LogP contribution in [0.3, 0.4) is 0 Å². The summed E-state index contributed by atoms with van der Waals surface area (Å²) in [5.41, 5.74) is 6.84. The Morgan fingerprint density at radius 1 is 1.19 bits per heavy atom. The molecule has 3 rings (SSSR count). The van der Waals surface area contributed by atoms with Crippen molar-refractivity contribution >= 4 is 5.69 Å². The van der Waals surface area contributed by atoms with Crippen LogP contribution in [0.5, 0.6) is 0 Å². The number of nitrogens with one attached hydrogen (secondary N) is 1. The lowest BCUT2D eigenvalue weighted by Gasteiger charge is -2.20. The van der Waals surface area contributed by atoms with E-state index in [0.717, 1.165) is 19.5 Å². The smallest absolute Gasteiger partial charge is 0.0625 e. The van der Waals surface area contributed by atoms with Gasteiger partial charge in [-0.05, 0) is 62.3 Å². The SMILES string of the molecule is CCc1cc(CNc2cccc3c2CCCC3)n(CC)n1. The maximum Gasteiger partial charge on any atom is 0.0625 e. The molecule has 0 radical (unpaired) electrons. The minimum atomic E-state index is 0.858. The van der Waals surface area contributed by atoms with E-state index in [4.69, 9.17) is 0 Å². The normalized spacial score (nSPS) is 14.0. The molecular weight excluding hydrogens is 258 g/mol. The molecule has 112 valence electrons. The molecule has 0 fully saturated rings. The third kappa shape index (κ3) is 2.97. The van der Waals surface area contributed by atoms with E-state index >= 15 is 0 Å². The van der Waals surface area contributed by atoms with Gasteiger partial charge < -0.3 is 5.32 Å². The molecule has 0 amide bonds. The Morgan fingerprint density at radius 2 is 2.05 bits per heavy atom. The van der Waals surface area contributed by atoms with Gasteiger partial charge in [-0.25, -0.2) is 0 Å². The van der Waals surface area contributed by atoms with Gasteiger partial charge in [-0.3, -0.25) is 4.68 Å². The fourth-order valence-corrected chi connectivity index (χ4v) is 3.24. The minimum absolute atomic E-state index is 0.858. The van der Waals surface area contributed by atoms with Gasteiger partial charge in [0.2, 0.25) is 0 Å². The number of aromatic nitrogens is 2. The van der Waals surface area contributed by atoms with E-state index < -0.39 is 0 Å². The number of benzene rings is 1. The Morgan fingerprint density at radius 3 is 2.86 bits per heavy atom. The zero-order chi connectivity index (χ0) is 14.7. The topological polar surface area (TPSA) is 29.9 Å². The Kier molecular flexibility index (Phi) is 4.28. The first-order chi connectivity index (χ1) is 10.3. The van der Waals surface area contributed by atoms with Crippen molar-refractivity contribution in [3.63, 3.8) is 0 Å². The van der Waals surface area contributed by atoms with Crippen molar-refractivity contribution in [2.75, 3.05) is 5.32 Å². The Balaban J connectivity index is 1.77. The summed E-state index contributed by atoms with van der Waals surface area (Å²) < 4.78 is 2.11. The number of aryl methyl sites for hydroxylation is 3. The van der Waals surface area contributed by atoms with Gasteiger partial charge in [0, 0.05) is 12.2 Å². The summed E-state index contributed by atoms with van der Waals surface area (Å²) in [6, 6.07) is 8.91. The van der Waals surface area contributed by atoms with Gasteiger partial charge in [0.15, 0.2) is 0 Å². The van der Waals surface area contributed by atoms with Crippen molar-refractivity contribution in [1.82, 2.24) is 9.78 Å². The Labute approximate surface area is 127 Å². The predicted octanol–water partition coefficient (Wildman–Crippen LogP) is 3.96. The van der Waals surface area contributed by atoms with Crippen molar-refractivity contribution in [2.45, 2.75) is 59.0 Å². The van der Waals surface area contributed by atoms with Crippen LogP contribution in [0.15, 0.2) is 24.3 Å². The lowest BCUT2D eigenvalue weighted by atomic mass is 9.90. The van der Waals surface area contributed by atoms with Gasteiger partial charge in [-0.1, -0.05) is 19.1 Å². The van der Waals surface area contributed by atoms with Crippen LogP contribution in [0, 0.1) is 0 Å². The van der Waals surface area contributed by atoms with Gasteiger partial charge in [0.05, 0.1) is 17.9 Å². The minimum Gasteiger partial charge on any atom is -0.379 e. The summed E-state index contributed by atoms with van der Waals surface area (Å²) in [7, 11) is 0. The molecule has 1 aliphatic rings. The summed E-state index contributed by atoms with van der Waals surface area (Å²) in [5.74, 6) is 0. The maximum absolute atomic E-state index is 4.62. The first-order valence-electron chi connectivity index (χ1n) is 8.22. The lowest BCUT2D eigenvalue weighted by molar-refractivity contribution is 0.619. The molecule has 21 heavy (non-hydrogen) atoms. The second-order valence-corrected chi connectivity index (χ2v) is 5.80.